The smallest absolute Gasteiger partial charge is 0.332 e. The number of carbonyl (C=O) groups excluding carboxylic acids is 1. The Kier molecular flexibility index (Phi) is 6.42. The quantitative estimate of drug-likeness (QED) is 0.441. The number of nitrogens with two attached hydrogens (primary N) is 1. The molecule has 0 saturated heterocycles. The van der Waals surface area contributed by atoms with E-state index in [0.29, 0.717) is 18.1 Å². The summed E-state index contributed by atoms with van der Waals surface area (Å²) in [4.78, 5) is 45.3. The van der Waals surface area contributed by atoms with Crippen LogP contribution in [-0.4, -0.2) is 44.1 Å². The molecule has 1 atom stereocenters. The van der Waals surface area contributed by atoms with E-state index >= 15 is 0 Å². The van der Waals surface area contributed by atoms with E-state index in [9.17, 15) is 14.4 Å². The minimum atomic E-state index is -0.602. The number of carbonyl (C=O) groups is 1. The number of anilines is 1. The van der Waals surface area contributed by atoms with Crippen molar-refractivity contribution in [2.45, 2.75) is 33.0 Å². The summed E-state index contributed by atoms with van der Waals surface area (Å²) in [6.45, 7) is 3.93. The lowest BCUT2D eigenvalue weighted by molar-refractivity contribution is 0.0969. The fourth-order valence-electron chi connectivity index (χ4n) is 3.47. The lowest BCUT2D eigenvalue weighted by Gasteiger charge is -2.20. The van der Waals surface area contributed by atoms with Crippen LogP contribution in [-0.2, 0) is 20.1 Å². The van der Waals surface area contributed by atoms with Gasteiger partial charge >= 0.3 is 5.69 Å². The largest absolute Gasteiger partial charge is 0.344 e. The van der Waals surface area contributed by atoms with Crippen molar-refractivity contribution in [1.82, 2.24) is 18.7 Å². The van der Waals surface area contributed by atoms with Crippen molar-refractivity contribution in [1.29, 1.82) is 0 Å². The number of Topliss-reactive ketones (excluding diaryl/α,β-unsaturated/α-hetero) is 1. The van der Waals surface area contributed by atoms with Gasteiger partial charge in [0.1, 0.15) is 0 Å². The molecule has 0 aliphatic rings. The van der Waals surface area contributed by atoms with Gasteiger partial charge in [0.25, 0.3) is 5.56 Å². The molecule has 0 spiro atoms. The van der Waals surface area contributed by atoms with E-state index < -0.39 is 11.2 Å². The third-order valence-corrected chi connectivity index (χ3v) is 4.93. The summed E-state index contributed by atoms with van der Waals surface area (Å²) < 4.78 is 3.90. The van der Waals surface area contributed by atoms with E-state index in [1.54, 1.807) is 41.8 Å². The van der Waals surface area contributed by atoms with Gasteiger partial charge in [-0.05, 0) is 13.8 Å². The van der Waals surface area contributed by atoms with Crippen LogP contribution in [0.4, 0.5) is 5.95 Å². The number of rotatable bonds is 7. The Bertz CT molecular complexity index is 1290. The summed E-state index contributed by atoms with van der Waals surface area (Å²) in [6.07, 6.45) is 0. The van der Waals surface area contributed by atoms with Gasteiger partial charge in [0, 0.05) is 32.2 Å². The number of hydrogen-bond acceptors (Lipinski definition) is 6. The minimum absolute atomic E-state index is 0.125. The number of fused-ring (bicyclic) bond motifs is 1. The number of nitrogens with zero attached hydrogens (tertiary/aromatic N) is 5. The van der Waals surface area contributed by atoms with Crippen LogP contribution in [0.1, 0.15) is 24.2 Å². The monoisotopic (exact) mass is 422 g/mol. The number of hydrogen-bond donors (Lipinski definition) is 1. The van der Waals surface area contributed by atoms with E-state index in [0.717, 1.165) is 4.57 Å². The van der Waals surface area contributed by atoms with Crippen LogP contribution in [0.2, 0.25) is 0 Å². The van der Waals surface area contributed by atoms with E-state index in [2.05, 4.69) is 16.8 Å². The number of imidazole rings is 1. The molecule has 162 valence electrons. The summed E-state index contributed by atoms with van der Waals surface area (Å²) in [5.74, 6) is 5.92. The van der Waals surface area contributed by atoms with Crippen molar-refractivity contribution in [2.24, 2.45) is 12.8 Å². The zero-order valence-electron chi connectivity index (χ0n) is 18.1. The summed E-state index contributed by atoms with van der Waals surface area (Å²) >= 11 is 0. The van der Waals surface area contributed by atoms with Crippen molar-refractivity contribution < 1.29 is 4.79 Å². The first-order valence-electron chi connectivity index (χ1n) is 9.90. The molecule has 0 amide bonds. The highest BCUT2D eigenvalue weighted by molar-refractivity contribution is 5.95. The summed E-state index contributed by atoms with van der Waals surface area (Å²) in [5, 5.41) is 0. The number of aromatic nitrogens is 4. The molecule has 0 radical (unpaired) electrons. The Morgan fingerprint density at radius 2 is 1.90 bits per heavy atom. The Morgan fingerprint density at radius 1 is 1.23 bits per heavy atom. The molecule has 9 nitrogen and oxygen atoms in total. The second kappa shape index (κ2) is 9.02. The maximum Gasteiger partial charge on any atom is 0.332 e. The zero-order chi connectivity index (χ0) is 22.7. The van der Waals surface area contributed by atoms with Gasteiger partial charge < -0.3 is 10.6 Å². The molecule has 9 heteroatoms. The van der Waals surface area contributed by atoms with Crippen LogP contribution in [0.15, 0.2) is 39.9 Å². The summed E-state index contributed by atoms with van der Waals surface area (Å²) in [5.41, 5.74) is 5.64. The minimum Gasteiger partial charge on any atom is -0.344 e. The molecule has 0 aliphatic heterocycles. The van der Waals surface area contributed by atoms with Gasteiger partial charge in [-0.25, -0.2) is 4.79 Å². The third kappa shape index (κ3) is 4.29. The SMILES string of the molecule is CC#CCn1c(N(C)CC(C)N)nc2c1c(=O)n(CC(=O)c1ccccc1)c(=O)n2C. The van der Waals surface area contributed by atoms with Gasteiger partial charge in [-0.2, -0.15) is 4.98 Å². The first-order chi connectivity index (χ1) is 14.8. The molecule has 2 aromatic heterocycles. The standard InChI is InChI=1S/C22H26N6O3/c1-5-6-12-27-18-19(24-21(27)25(3)13-15(2)23)26(4)22(31)28(20(18)30)14-17(29)16-10-8-7-9-11-16/h7-11,15H,12-14,23H2,1-4H3. The average Bonchev–Trinajstić information content (AvgIpc) is 3.13. The van der Waals surface area contributed by atoms with Crippen LogP contribution >= 0.6 is 0 Å². The molecule has 3 rings (SSSR count). The summed E-state index contributed by atoms with van der Waals surface area (Å²) in [6, 6.07) is 8.44. The molecule has 0 aliphatic carbocycles. The lowest BCUT2D eigenvalue weighted by atomic mass is 10.1. The normalized spacial score (nSPS) is 11.8. The van der Waals surface area contributed by atoms with E-state index in [1.165, 1.54) is 11.6 Å². The predicted octanol–water partition coefficient (Wildman–Crippen LogP) is 0.586. The zero-order valence-corrected chi connectivity index (χ0v) is 18.1. The molecule has 0 saturated carbocycles. The number of likely N-dealkylation sites (N-methyl/N-ethyl adjacent to an activating group) is 1. The number of ketones is 1. The van der Waals surface area contributed by atoms with Gasteiger partial charge in [0.15, 0.2) is 16.9 Å². The Balaban J connectivity index is 2.22. The average molecular weight is 422 g/mol. The van der Waals surface area contributed by atoms with Crippen molar-refractivity contribution in [3.05, 3.63) is 56.7 Å². The number of benzene rings is 1. The van der Waals surface area contributed by atoms with E-state index in [1.807, 2.05) is 18.9 Å². The predicted molar refractivity (Wildman–Crippen MR) is 120 cm³/mol. The highest BCUT2D eigenvalue weighted by Gasteiger charge is 2.23. The second-order valence-electron chi connectivity index (χ2n) is 7.48. The lowest BCUT2D eigenvalue weighted by Crippen LogP contribution is -2.41. The molecule has 3 aromatic rings. The topological polar surface area (TPSA) is 108 Å². The van der Waals surface area contributed by atoms with E-state index in [4.69, 9.17) is 5.73 Å². The molecule has 1 unspecified atom stereocenters. The van der Waals surface area contributed by atoms with Gasteiger partial charge in [0.05, 0.1) is 13.1 Å². The van der Waals surface area contributed by atoms with Gasteiger partial charge in [-0.3, -0.25) is 23.3 Å². The molecule has 0 bridgehead atoms. The van der Waals surface area contributed by atoms with Crippen LogP contribution in [0.3, 0.4) is 0 Å². The third-order valence-electron chi connectivity index (χ3n) is 4.93. The highest BCUT2D eigenvalue weighted by Crippen LogP contribution is 2.18. The van der Waals surface area contributed by atoms with Crippen molar-refractivity contribution in [2.75, 3.05) is 18.5 Å². The Morgan fingerprint density at radius 3 is 2.52 bits per heavy atom. The molecule has 31 heavy (non-hydrogen) atoms. The van der Waals surface area contributed by atoms with Gasteiger partial charge in [-0.15, -0.1) is 5.92 Å². The fraction of sp³-hybridized carbons (Fsp3) is 0.364. The van der Waals surface area contributed by atoms with Crippen LogP contribution in [0, 0.1) is 11.8 Å². The van der Waals surface area contributed by atoms with Crippen molar-refractivity contribution in [3.8, 4) is 11.8 Å². The van der Waals surface area contributed by atoms with Crippen molar-refractivity contribution in [3.63, 3.8) is 0 Å². The van der Waals surface area contributed by atoms with E-state index in [-0.39, 0.29) is 36.1 Å². The Hall–Kier alpha value is -3.64. The van der Waals surface area contributed by atoms with Crippen LogP contribution < -0.4 is 21.9 Å². The molecular weight excluding hydrogens is 396 g/mol. The first-order valence-corrected chi connectivity index (χ1v) is 9.90. The fourth-order valence-corrected chi connectivity index (χ4v) is 3.47. The second-order valence-corrected chi connectivity index (χ2v) is 7.48. The first kappa shape index (κ1) is 22.1. The van der Waals surface area contributed by atoms with Crippen molar-refractivity contribution >= 4 is 22.9 Å². The molecular formula is C22H26N6O3. The molecule has 2 N–H and O–H groups in total. The molecule has 1 aromatic carbocycles. The van der Waals surface area contributed by atoms with Gasteiger partial charge in [0.2, 0.25) is 5.95 Å². The van der Waals surface area contributed by atoms with Gasteiger partial charge in [-0.1, -0.05) is 36.3 Å². The molecule has 2 heterocycles. The maximum absolute atomic E-state index is 13.4. The number of aryl methyl sites for hydroxylation is 1. The summed E-state index contributed by atoms with van der Waals surface area (Å²) in [7, 11) is 3.35. The molecule has 0 fully saturated rings. The maximum atomic E-state index is 13.4. The van der Waals surface area contributed by atoms with Crippen LogP contribution in [0.25, 0.3) is 11.2 Å². The van der Waals surface area contributed by atoms with Crippen LogP contribution in [0.5, 0.6) is 0 Å². The Labute approximate surface area is 179 Å². The highest BCUT2D eigenvalue weighted by atomic mass is 16.2.